The molecule has 4 rings (SSSR count). The molecule has 0 saturated carbocycles. The molecule has 2 aromatic carbocycles. The minimum atomic E-state index is -3.61. The van der Waals surface area contributed by atoms with Gasteiger partial charge in [-0.05, 0) is 66.8 Å². The Kier molecular flexibility index (Phi) is 5.40. The van der Waals surface area contributed by atoms with Crippen LogP contribution in [0.4, 0.5) is 4.39 Å². The molecule has 2 aliphatic rings. The molecule has 7 heteroatoms. The third kappa shape index (κ3) is 3.92. The van der Waals surface area contributed by atoms with Crippen molar-refractivity contribution >= 4 is 10.0 Å². The number of phenols is 1. The minimum Gasteiger partial charge on any atom is -0.507 e. The summed E-state index contributed by atoms with van der Waals surface area (Å²) in [5.74, 6) is -0.0900. The van der Waals surface area contributed by atoms with E-state index >= 15 is 0 Å². The van der Waals surface area contributed by atoms with Crippen LogP contribution in [0.15, 0.2) is 41.3 Å². The van der Waals surface area contributed by atoms with Gasteiger partial charge >= 0.3 is 0 Å². The second-order valence-corrected chi connectivity index (χ2v) is 9.68. The summed E-state index contributed by atoms with van der Waals surface area (Å²) in [6.07, 6.45) is 4.00. The maximum atomic E-state index is 13.1. The largest absolute Gasteiger partial charge is 0.507 e. The van der Waals surface area contributed by atoms with Crippen LogP contribution >= 0.6 is 0 Å². The third-order valence-electron chi connectivity index (χ3n) is 5.84. The fourth-order valence-electron chi connectivity index (χ4n) is 4.27. The van der Waals surface area contributed by atoms with Crippen molar-refractivity contribution in [2.24, 2.45) is 0 Å². The number of nitrogens with zero attached hydrogens (tertiary/aromatic N) is 1. The van der Waals surface area contributed by atoms with Crippen LogP contribution in [0.2, 0.25) is 0 Å². The molecule has 1 aliphatic heterocycles. The van der Waals surface area contributed by atoms with Crippen molar-refractivity contribution in [2.75, 3.05) is 26.2 Å². The number of sulfonamides is 1. The van der Waals surface area contributed by atoms with E-state index in [2.05, 4.69) is 6.07 Å². The number of hydrogen-bond acceptors (Lipinski definition) is 3. The summed E-state index contributed by atoms with van der Waals surface area (Å²) < 4.78 is 40.3. The zero-order valence-corrected chi connectivity index (χ0v) is 16.6. The van der Waals surface area contributed by atoms with Crippen molar-refractivity contribution in [3.8, 4) is 5.75 Å². The Morgan fingerprint density at radius 2 is 1.71 bits per heavy atom. The summed E-state index contributed by atoms with van der Waals surface area (Å²) in [6, 6.07) is 9.03. The predicted octanol–water partition coefficient (Wildman–Crippen LogP) is 1.50. The summed E-state index contributed by atoms with van der Waals surface area (Å²) in [5, 5.41) is 10.4. The quantitative estimate of drug-likeness (QED) is 0.811. The van der Waals surface area contributed by atoms with E-state index in [1.54, 1.807) is 0 Å². The van der Waals surface area contributed by atoms with E-state index in [1.165, 1.54) is 44.6 Å². The van der Waals surface area contributed by atoms with E-state index in [4.69, 9.17) is 0 Å². The van der Waals surface area contributed by atoms with Crippen LogP contribution in [0.25, 0.3) is 0 Å². The Labute approximate surface area is 165 Å². The average molecular weight is 406 g/mol. The fourth-order valence-corrected chi connectivity index (χ4v) is 5.75. The SMILES string of the molecule is O=S(=O)(c1ccc(F)cc1)N1CCC[NH+](Cc2cc3c(cc2O)CCC3)CC1. The second kappa shape index (κ2) is 7.81. The first-order chi connectivity index (χ1) is 13.4. The molecule has 0 radical (unpaired) electrons. The van der Waals surface area contributed by atoms with E-state index in [0.717, 1.165) is 37.8 Å². The van der Waals surface area contributed by atoms with E-state index in [-0.39, 0.29) is 4.90 Å². The molecule has 1 aliphatic carbocycles. The zero-order valence-electron chi connectivity index (χ0n) is 15.8. The van der Waals surface area contributed by atoms with E-state index in [9.17, 15) is 17.9 Å². The van der Waals surface area contributed by atoms with E-state index in [1.807, 2.05) is 6.07 Å². The first-order valence-corrected chi connectivity index (χ1v) is 11.3. The van der Waals surface area contributed by atoms with Gasteiger partial charge in [0.25, 0.3) is 0 Å². The monoisotopic (exact) mass is 405 g/mol. The lowest BCUT2D eigenvalue weighted by molar-refractivity contribution is -0.911. The van der Waals surface area contributed by atoms with E-state index in [0.29, 0.717) is 31.9 Å². The Balaban J connectivity index is 1.45. The van der Waals surface area contributed by atoms with Crippen LogP contribution in [-0.4, -0.2) is 44.0 Å². The molecule has 1 atom stereocenters. The molecule has 0 aromatic heterocycles. The first-order valence-electron chi connectivity index (χ1n) is 9.86. The van der Waals surface area contributed by atoms with Gasteiger partial charge in [0.2, 0.25) is 10.0 Å². The Bertz CT molecular complexity index is 960. The van der Waals surface area contributed by atoms with Crippen molar-refractivity contribution in [2.45, 2.75) is 37.1 Å². The molecule has 0 spiro atoms. The Morgan fingerprint density at radius 1 is 1.00 bits per heavy atom. The van der Waals surface area contributed by atoms with Crippen LogP contribution < -0.4 is 4.90 Å². The lowest BCUT2D eigenvalue weighted by atomic mass is 10.0. The number of nitrogens with one attached hydrogen (secondary N) is 1. The Morgan fingerprint density at radius 3 is 2.46 bits per heavy atom. The molecule has 150 valence electrons. The topological polar surface area (TPSA) is 62.0 Å². The van der Waals surface area contributed by atoms with Crippen molar-refractivity contribution in [3.63, 3.8) is 0 Å². The molecule has 0 bridgehead atoms. The van der Waals surface area contributed by atoms with Gasteiger partial charge in [-0.3, -0.25) is 0 Å². The Hall–Kier alpha value is -1.96. The van der Waals surface area contributed by atoms with Gasteiger partial charge in [-0.2, -0.15) is 4.31 Å². The van der Waals surface area contributed by atoms with Gasteiger partial charge in [-0.15, -0.1) is 0 Å². The maximum absolute atomic E-state index is 13.1. The average Bonchev–Trinajstić information content (AvgIpc) is 2.97. The van der Waals surface area contributed by atoms with Gasteiger partial charge in [0, 0.05) is 18.5 Å². The normalized spacial score (nSPS) is 20.7. The molecule has 1 heterocycles. The number of fused-ring (bicyclic) bond motifs is 1. The zero-order chi connectivity index (χ0) is 19.7. The molecular formula is C21H26FN2O3S+. The van der Waals surface area contributed by atoms with E-state index < -0.39 is 15.8 Å². The van der Waals surface area contributed by atoms with Gasteiger partial charge in [-0.1, -0.05) is 0 Å². The summed E-state index contributed by atoms with van der Waals surface area (Å²) in [7, 11) is -3.61. The number of halogens is 1. The van der Waals surface area contributed by atoms with Crippen molar-refractivity contribution in [1.82, 2.24) is 4.31 Å². The molecule has 1 fully saturated rings. The van der Waals surface area contributed by atoms with Gasteiger partial charge in [0.05, 0.1) is 24.5 Å². The number of rotatable bonds is 4. The molecule has 1 saturated heterocycles. The molecule has 5 nitrogen and oxygen atoms in total. The predicted molar refractivity (Wildman–Crippen MR) is 104 cm³/mol. The molecule has 1 unspecified atom stereocenters. The summed E-state index contributed by atoms with van der Waals surface area (Å²) in [4.78, 5) is 1.40. The van der Waals surface area contributed by atoms with Gasteiger partial charge in [0.15, 0.2) is 0 Å². The van der Waals surface area contributed by atoms with Crippen molar-refractivity contribution in [3.05, 3.63) is 58.9 Å². The second-order valence-electron chi connectivity index (χ2n) is 7.74. The lowest BCUT2D eigenvalue weighted by Crippen LogP contribution is -3.11. The minimum absolute atomic E-state index is 0.133. The molecule has 2 N–H and O–H groups in total. The highest BCUT2D eigenvalue weighted by Gasteiger charge is 2.29. The number of aromatic hydroxyl groups is 1. The van der Waals surface area contributed by atoms with Gasteiger partial charge in [-0.25, -0.2) is 12.8 Å². The summed E-state index contributed by atoms with van der Waals surface area (Å²) >= 11 is 0. The van der Waals surface area contributed by atoms with Crippen LogP contribution in [0, 0.1) is 5.82 Å². The lowest BCUT2D eigenvalue weighted by Gasteiger charge is -2.20. The summed E-state index contributed by atoms with van der Waals surface area (Å²) in [5.41, 5.74) is 3.54. The number of benzene rings is 2. The van der Waals surface area contributed by atoms with Crippen LogP contribution in [0.1, 0.15) is 29.5 Å². The molecule has 28 heavy (non-hydrogen) atoms. The molecular weight excluding hydrogens is 379 g/mol. The smallest absolute Gasteiger partial charge is 0.243 e. The third-order valence-corrected chi connectivity index (χ3v) is 7.75. The first kappa shape index (κ1) is 19.4. The van der Waals surface area contributed by atoms with Crippen LogP contribution in [0.5, 0.6) is 5.75 Å². The number of phenolic OH excluding ortho intramolecular Hbond substituents is 1. The van der Waals surface area contributed by atoms with Crippen molar-refractivity contribution < 1.29 is 22.8 Å². The fraction of sp³-hybridized carbons (Fsp3) is 0.429. The number of aryl methyl sites for hydroxylation is 2. The van der Waals surface area contributed by atoms with Crippen molar-refractivity contribution in [1.29, 1.82) is 0 Å². The van der Waals surface area contributed by atoms with Gasteiger partial charge < -0.3 is 10.0 Å². The highest BCUT2D eigenvalue weighted by molar-refractivity contribution is 7.89. The van der Waals surface area contributed by atoms with Gasteiger partial charge in [0.1, 0.15) is 18.1 Å². The maximum Gasteiger partial charge on any atom is 0.243 e. The standard InChI is InChI=1S/C21H25FN2O3S/c22-19-5-7-20(8-6-19)28(26,27)24-10-2-9-23(11-12-24)15-18-13-16-3-1-4-17(16)14-21(18)25/h5-8,13-14,25H,1-4,9-12,15H2/p+1. The highest BCUT2D eigenvalue weighted by Crippen LogP contribution is 2.28. The molecule has 0 amide bonds. The molecule has 2 aromatic rings. The van der Waals surface area contributed by atoms with Crippen LogP contribution in [0.3, 0.4) is 0 Å². The van der Waals surface area contributed by atoms with Crippen LogP contribution in [-0.2, 0) is 29.4 Å². The number of quaternary nitrogens is 1. The highest BCUT2D eigenvalue weighted by atomic mass is 32.2. The summed E-state index contributed by atoms with van der Waals surface area (Å²) in [6.45, 7) is 3.10. The number of hydrogen-bond donors (Lipinski definition) is 2.